The van der Waals surface area contributed by atoms with Crippen molar-refractivity contribution in [3.05, 3.63) is 88.9 Å². The highest BCUT2D eigenvalue weighted by Crippen LogP contribution is 2.23. The van der Waals surface area contributed by atoms with E-state index in [0.717, 1.165) is 0 Å². The molecule has 7 heteroatoms. The molecule has 1 amide bonds. The molecule has 0 aliphatic heterocycles. The highest BCUT2D eigenvalue weighted by molar-refractivity contribution is 6.30. The van der Waals surface area contributed by atoms with Gasteiger partial charge in [0.15, 0.2) is 6.10 Å². The van der Waals surface area contributed by atoms with E-state index in [1.807, 2.05) is 0 Å². The summed E-state index contributed by atoms with van der Waals surface area (Å²) >= 11 is 11.8. The number of amides is 1. The Kier molecular flexibility index (Phi) is 7.93. The number of hydrogen-bond donors (Lipinski definition) is 1. The highest BCUT2D eigenvalue weighted by Gasteiger charge is 2.22. The van der Waals surface area contributed by atoms with Crippen LogP contribution >= 0.6 is 23.2 Å². The fraction of sp³-hybridized carbons (Fsp3) is 0.167. The molecule has 1 atom stereocenters. The van der Waals surface area contributed by atoms with Crippen LogP contribution in [0.4, 0.5) is 5.69 Å². The number of halogens is 2. The molecular formula is C24H21Cl2NO4. The van der Waals surface area contributed by atoms with Gasteiger partial charge in [0.2, 0.25) is 5.78 Å². The Hall–Kier alpha value is -3.02. The van der Waals surface area contributed by atoms with E-state index >= 15 is 0 Å². The van der Waals surface area contributed by atoms with Gasteiger partial charge in [-0.15, -0.1) is 11.6 Å². The van der Waals surface area contributed by atoms with Gasteiger partial charge in [-0.3, -0.25) is 9.59 Å². The molecule has 0 bridgehead atoms. The first-order valence-electron chi connectivity index (χ1n) is 9.58. The van der Waals surface area contributed by atoms with Crippen molar-refractivity contribution in [1.29, 1.82) is 0 Å². The second kappa shape index (κ2) is 10.8. The molecule has 3 rings (SSSR count). The number of hydrogen-bond acceptors (Lipinski definition) is 4. The minimum Gasteiger partial charge on any atom is -0.497 e. The number of rotatable bonds is 9. The number of Topliss-reactive ketones (excluding diaryl/α,β-unsaturated/α-hetero) is 1. The maximum atomic E-state index is 12.9. The predicted molar refractivity (Wildman–Crippen MR) is 123 cm³/mol. The predicted octanol–water partition coefficient (Wildman–Crippen LogP) is 5.86. The molecule has 0 saturated carbocycles. The largest absolute Gasteiger partial charge is 0.497 e. The van der Waals surface area contributed by atoms with Crippen molar-refractivity contribution < 1.29 is 19.1 Å². The van der Waals surface area contributed by atoms with E-state index < -0.39 is 6.10 Å². The van der Waals surface area contributed by atoms with Crippen molar-refractivity contribution in [3.8, 4) is 11.5 Å². The molecular weight excluding hydrogens is 437 g/mol. The molecule has 0 heterocycles. The number of carbonyl (C=O) groups excluding carboxylic acids is 2. The van der Waals surface area contributed by atoms with Crippen LogP contribution < -0.4 is 14.8 Å². The monoisotopic (exact) mass is 457 g/mol. The van der Waals surface area contributed by atoms with Crippen LogP contribution in [0.15, 0.2) is 72.8 Å². The molecule has 1 N–H and O–H groups in total. The minimum absolute atomic E-state index is 0.192. The van der Waals surface area contributed by atoms with E-state index in [1.54, 1.807) is 79.9 Å². The number of nitrogens with one attached hydrogen (secondary N) is 1. The smallest absolute Gasteiger partial charge is 0.255 e. The summed E-state index contributed by atoms with van der Waals surface area (Å²) in [4.78, 5) is 25.4. The second-order valence-corrected chi connectivity index (χ2v) is 7.48. The topological polar surface area (TPSA) is 64.6 Å². The summed E-state index contributed by atoms with van der Waals surface area (Å²) in [6.45, 7) is 0. The molecule has 0 aromatic heterocycles. The normalized spacial score (nSPS) is 11.5. The van der Waals surface area contributed by atoms with Crippen molar-refractivity contribution in [3.63, 3.8) is 0 Å². The van der Waals surface area contributed by atoms with E-state index in [9.17, 15) is 9.59 Å². The van der Waals surface area contributed by atoms with Gasteiger partial charge in [0.05, 0.1) is 7.11 Å². The Morgan fingerprint density at radius 1 is 0.935 bits per heavy atom. The zero-order chi connectivity index (χ0) is 22.2. The summed E-state index contributed by atoms with van der Waals surface area (Å²) in [5.74, 6) is 0.819. The van der Waals surface area contributed by atoms with Crippen LogP contribution in [0.25, 0.3) is 0 Å². The lowest BCUT2D eigenvalue weighted by molar-refractivity contribution is 0.0787. The standard InChI is InChI=1S/C24H21Cl2NO4/c1-30-20-6-2-4-17(14-20)24(29)27-19-5-3-7-21(15-19)31-22(12-13-25)23(28)16-8-10-18(26)11-9-16/h2-11,14-15,22H,12-13H2,1H3,(H,27,29). The summed E-state index contributed by atoms with van der Waals surface area (Å²) < 4.78 is 11.1. The van der Waals surface area contributed by atoms with E-state index in [4.69, 9.17) is 32.7 Å². The van der Waals surface area contributed by atoms with Gasteiger partial charge in [-0.25, -0.2) is 0 Å². The Labute approximate surface area is 190 Å². The summed E-state index contributed by atoms with van der Waals surface area (Å²) in [6, 6.07) is 20.3. The Balaban J connectivity index is 1.73. The maximum Gasteiger partial charge on any atom is 0.255 e. The van der Waals surface area contributed by atoms with Gasteiger partial charge in [-0.05, 0) is 54.6 Å². The fourth-order valence-corrected chi connectivity index (χ4v) is 3.25. The number of benzene rings is 3. The SMILES string of the molecule is COc1cccc(C(=O)Nc2cccc(OC(CCCl)C(=O)c3ccc(Cl)cc3)c2)c1. The maximum absolute atomic E-state index is 12.9. The van der Waals surface area contributed by atoms with E-state index in [1.165, 1.54) is 0 Å². The third kappa shape index (κ3) is 6.23. The Morgan fingerprint density at radius 3 is 2.35 bits per heavy atom. The zero-order valence-corrected chi connectivity index (χ0v) is 18.3. The van der Waals surface area contributed by atoms with Crippen molar-refractivity contribution in [2.45, 2.75) is 12.5 Å². The molecule has 0 radical (unpaired) electrons. The van der Waals surface area contributed by atoms with Crippen LogP contribution in [0.2, 0.25) is 5.02 Å². The van der Waals surface area contributed by atoms with Gasteiger partial charge in [0, 0.05) is 40.2 Å². The molecule has 0 aliphatic rings. The van der Waals surface area contributed by atoms with Gasteiger partial charge >= 0.3 is 0 Å². The lowest BCUT2D eigenvalue weighted by Crippen LogP contribution is -2.28. The quantitative estimate of drug-likeness (QED) is 0.322. The van der Waals surface area contributed by atoms with Crippen LogP contribution in [-0.2, 0) is 0 Å². The lowest BCUT2D eigenvalue weighted by Gasteiger charge is -2.18. The molecule has 0 fully saturated rings. The molecule has 1 unspecified atom stereocenters. The number of carbonyl (C=O) groups is 2. The molecule has 3 aromatic rings. The molecule has 5 nitrogen and oxygen atoms in total. The lowest BCUT2D eigenvalue weighted by atomic mass is 10.0. The molecule has 160 valence electrons. The molecule has 31 heavy (non-hydrogen) atoms. The number of methoxy groups -OCH3 is 1. The molecule has 0 spiro atoms. The third-order valence-electron chi connectivity index (χ3n) is 4.49. The van der Waals surface area contributed by atoms with Crippen LogP contribution in [0.5, 0.6) is 11.5 Å². The van der Waals surface area contributed by atoms with Gasteiger partial charge in [0.1, 0.15) is 11.5 Å². The third-order valence-corrected chi connectivity index (χ3v) is 4.96. The number of ketones is 1. The molecule has 0 aliphatic carbocycles. The van der Waals surface area contributed by atoms with Crippen LogP contribution in [-0.4, -0.2) is 30.8 Å². The van der Waals surface area contributed by atoms with E-state index in [2.05, 4.69) is 5.32 Å². The van der Waals surface area contributed by atoms with Crippen LogP contribution in [0.1, 0.15) is 27.1 Å². The number of alkyl halides is 1. The second-order valence-electron chi connectivity index (χ2n) is 6.67. The summed E-state index contributed by atoms with van der Waals surface area (Å²) in [6.07, 6.45) is -0.424. The van der Waals surface area contributed by atoms with Gasteiger partial charge < -0.3 is 14.8 Å². The van der Waals surface area contributed by atoms with Gasteiger partial charge in [0.25, 0.3) is 5.91 Å². The fourth-order valence-electron chi connectivity index (χ4n) is 2.92. The molecule has 3 aromatic carbocycles. The van der Waals surface area contributed by atoms with Crippen LogP contribution in [0, 0.1) is 0 Å². The first-order valence-corrected chi connectivity index (χ1v) is 10.5. The van der Waals surface area contributed by atoms with Crippen LogP contribution in [0.3, 0.4) is 0 Å². The minimum atomic E-state index is -0.761. The van der Waals surface area contributed by atoms with Crippen molar-refractivity contribution in [2.75, 3.05) is 18.3 Å². The average Bonchev–Trinajstić information content (AvgIpc) is 2.79. The summed E-state index contributed by atoms with van der Waals surface area (Å²) in [5.41, 5.74) is 1.49. The first kappa shape index (κ1) is 22.7. The highest BCUT2D eigenvalue weighted by atomic mass is 35.5. The number of anilines is 1. The average molecular weight is 458 g/mol. The van der Waals surface area contributed by atoms with Gasteiger partial charge in [-0.2, -0.15) is 0 Å². The molecule has 0 saturated heterocycles. The van der Waals surface area contributed by atoms with Gasteiger partial charge in [-0.1, -0.05) is 23.7 Å². The van der Waals surface area contributed by atoms with E-state index in [-0.39, 0.29) is 17.6 Å². The Bertz CT molecular complexity index is 1050. The van der Waals surface area contributed by atoms with E-state index in [0.29, 0.717) is 39.8 Å². The van der Waals surface area contributed by atoms with Crippen molar-refractivity contribution in [1.82, 2.24) is 0 Å². The summed E-state index contributed by atoms with van der Waals surface area (Å²) in [7, 11) is 1.54. The Morgan fingerprint density at radius 2 is 1.65 bits per heavy atom. The number of ether oxygens (including phenoxy) is 2. The van der Waals surface area contributed by atoms with Crippen molar-refractivity contribution >= 4 is 40.6 Å². The zero-order valence-electron chi connectivity index (χ0n) is 16.8. The van der Waals surface area contributed by atoms with Crippen molar-refractivity contribution in [2.24, 2.45) is 0 Å². The summed E-state index contributed by atoms with van der Waals surface area (Å²) in [5, 5.41) is 3.37. The first-order chi connectivity index (χ1) is 15.0.